The van der Waals surface area contributed by atoms with E-state index in [1.165, 1.54) is 0 Å². The van der Waals surface area contributed by atoms with E-state index in [4.69, 9.17) is 9.47 Å². The van der Waals surface area contributed by atoms with Gasteiger partial charge in [0.2, 0.25) is 5.91 Å². The molecule has 0 spiro atoms. The Kier molecular flexibility index (Phi) is 4.88. The molecular formula is C16H23NO3. The molecule has 110 valence electrons. The van der Waals surface area contributed by atoms with Crippen LogP contribution in [0.5, 0.6) is 11.5 Å². The zero-order valence-electron chi connectivity index (χ0n) is 12.4. The van der Waals surface area contributed by atoms with Crippen LogP contribution in [0.25, 0.3) is 0 Å². The van der Waals surface area contributed by atoms with Crippen LogP contribution in [0.2, 0.25) is 0 Å². The molecule has 0 aromatic heterocycles. The number of ether oxygens (including phenoxy) is 2. The lowest BCUT2D eigenvalue weighted by Crippen LogP contribution is -2.27. The molecule has 1 aromatic rings. The van der Waals surface area contributed by atoms with Crippen molar-refractivity contribution in [3.8, 4) is 11.5 Å². The van der Waals surface area contributed by atoms with Crippen LogP contribution >= 0.6 is 0 Å². The number of nitrogens with one attached hydrogen (secondary N) is 1. The molecule has 20 heavy (non-hydrogen) atoms. The molecule has 4 heteroatoms. The fraction of sp³-hybridized carbons (Fsp3) is 0.562. The van der Waals surface area contributed by atoms with Crippen molar-refractivity contribution in [2.24, 2.45) is 5.92 Å². The molecule has 0 unspecified atom stereocenters. The summed E-state index contributed by atoms with van der Waals surface area (Å²) in [5.41, 5.74) is 1.03. The van der Waals surface area contributed by atoms with E-state index in [1.807, 2.05) is 39.0 Å². The minimum absolute atomic E-state index is 0.0158. The number of rotatable bonds is 7. The molecule has 1 aromatic carbocycles. The summed E-state index contributed by atoms with van der Waals surface area (Å²) in [4.78, 5) is 11.8. The molecule has 1 aliphatic carbocycles. The number of carbonyl (C=O) groups excluding carboxylic acids is 1. The molecule has 1 aliphatic rings. The van der Waals surface area contributed by atoms with Crippen LogP contribution in [-0.4, -0.2) is 19.1 Å². The average Bonchev–Trinajstić information content (AvgIpc) is 3.25. The van der Waals surface area contributed by atoms with E-state index in [0.717, 1.165) is 29.9 Å². The molecule has 1 atom stereocenters. The van der Waals surface area contributed by atoms with Gasteiger partial charge in [0.05, 0.1) is 19.3 Å². The number of hydrogen-bond donors (Lipinski definition) is 1. The Bertz CT molecular complexity index is 469. The fourth-order valence-electron chi connectivity index (χ4n) is 2.10. The molecule has 1 fully saturated rings. The first-order valence-corrected chi connectivity index (χ1v) is 7.35. The van der Waals surface area contributed by atoms with Crippen molar-refractivity contribution >= 4 is 5.91 Å². The number of amides is 1. The minimum Gasteiger partial charge on any atom is -0.490 e. The first-order chi connectivity index (χ1) is 9.65. The highest BCUT2D eigenvalue weighted by atomic mass is 16.5. The number of carbonyl (C=O) groups is 1. The summed E-state index contributed by atoms with van der Waals surface area (Å²) in [6.07, 6.45) is 2.04. The summed E-state index contributed by atoms with van der Waals surface area (Å²) < 4.78 is 11.1. The Balaban J connectivity index is 2.09. The monoisotopic (exact) mass is 277 g/mol. The first-order valence-electron chi connectivity index (χ1n) is 7.35. The SMILES string of the molecule is CCOc1ccc([C@@H](C)NC(=O)C2CC2)cc1OCC. The van der Waals surface area contributed by atoms with Gasteiger partial charge >= 0.3 is 0 Å². The van der Waals surface area contributed by atoms with Gasteiger partial charge in [-0.05, 0) is 51.3 Å². The predicted molar refractivity (Wildman–Crippen MR) is 78.1 cm³/mol. The Morgan fingerprint density at radius 2 is 1.90 bits per heavy atom. The number of benzene rings is 1. The maximum Gasteiger partial charge on any atom is 0.223 e. The summed E-state index contributed by atoms with van der Waals surface area (Å²) in [7, 11) is 0. The Hall–Kier alpha value is -1.71. The normalized spacial score (nSPS) is 15.6. The Morgan fingerprint density at radius 3 is 2.50 bits per heavy atom. The third-order valence-electron chi connectivity index (χ3n) is 3.37. The minimum atomic E-state index is -0.0158. The zero-order valence-corrected chi connectivity index (χ0v) is 12.4. The molecule has 0 bridgehead atoms. The van der Waals surface area contributed by atoms with Crippen molar-refractivity contribution in [3.63, 3.8) is 0 Å². The van der Waals surface area contributed by atoms with E-state index in [1.54, 1.807) is 0 Å². The van der Waals surface area contributed by atoms with E-state index in [9.17, 15) is 4.79 Å². The molecule has 4 nitrogen and oxygen atoms in total. The van der Waals surface area contributed by atoms with Crippen LogP contribution in [0.1, 0.15) is 45.2 Å². The van der Waals surface area contributed by atoms with Crippen molar-refractivity contribution in [1.82, 2.24) is 5.32 Å². The smallest absolute Gasteiger partial charge is 0.223 e. The van der Waals surface area contributed by atoms with Gasteiger partial charge in [-0.3, -0.25) is 4.79 Å². The average molecular weight is 277 g/mol. The maximum atomic E-state index is 11.8. The van der Waals surface area contributed by atoms with Crippen molar-refractivity contribution in [2.75, 3.05) is 13.2 Å². The highest BCUT2D eigenvalue weighted by Crippen LogP contribution is 2.32. The highest BCUT2D eigenvalue weighted by Gasteiger charge is 2.30. The third kappa shape index (κ3) is 3.65. The lowest BCUT2D eigenvalue weighted by atomic mass is 10.1. The van der Waals surface area contributed by atoms with Crippen molar-refractivity contribution in [3.05, 3.63) is 23.8 Å². The Morgan fingerprint density at radius 1 is 1.25 bits per heavy atom. The van der Waals surface area contributed by atoms with Gasteiger partial charge in [-0.15, -0.1) is 0 Å². The zero-order chi connectivity index (χ0) is 14.5. The summed E-state index contributed by atoms with van der Waals surface area (Å²) in [6, 6.07) is 5.82. The molecule has 1 saturated carbocycles. The van der Waals surface area contributed by atoms with E-state index in [2.05, 4.69) is 5.32 Å². The standard InChI is InChI=1S/C16H23NO3/c1-4-19-14-9-8-13(10-15(14)20-5-2)11(3)17-16(18)12-6-7-12/h8-12H,4-7H2,1-3H3,(H,17,18)/t11-/m1/s1. The summed E-state index contributed by atoms with van der Waals surface area (Å²) in [6.45, 7) is 7.08. The van der Waals surface area contributed by atoms with Crippen molar-refractivity contribution in [2.45, 2.75) is 39.7 Å². The van der Waals surface area contributed by atoms with Crippen LogP contribution in [-0.2, 0) is 4.79 Å². The Labute approximate surface area is 120 Å². The molecule has 0 saturated heterocycles. The van der Waals surface area contributed by atoms with Gasteiger partial charge in [-0.25, -0.2) is 0 Å². The van der Waals surface area contributed by atoms with Gasteiger partial charge in [0.15, 0.2) is 11.5 Å². The van der Waals surface area contributed by atoms with Crippen molar-refractivity contribution < 1.29 is 14.3 Å². The van der Waals surface area contributed by atoms with Crippen molar-refractivity contribution in [1.29, 1.82) is 0 Å². The summed E-state index contributed by atoms with van der Waals surface area (Å²) in [5, 5.41) is 3.04. The van der Waals surface area contributed by atoms with Gasteiger partial charge in [-0.1, -0.05) is 6.07 Å². The van der Waals surface area contributed by atoms with Gasteiger partial charge in [-0.2, -0.15) is 0 Å². The molecule has 0 heterocycles. The van der Waals surface area contributed by atoms with Crippen LogP contribution in [0, 0.1) is 5.92 Å². The van der Waals surface area contributed by atoms with Gasteiger partial charge in [0, 0.05) is 5.92 Å². The summed E-state index contributed by atoms with van der Waals surface area (Å²) >= 11 is 0. The maximum absolute atomic E-state index is 11.8. The molecule has 0 aliphatic heterocycles. The molecule has 0 radical (unpaired) electrons. The van der Waals surface area contributed by atoms with E-state index < -0.39 is 0 Å². The third-order valence-corrected chi connectivity index (χ3v) is 3.37. The van der Waals surface area contributed by atoms with E-state index in [0.29, 0.717) is 13.2 Å². The largest absolute Gasteiger partial charge is 0.490 e. The topological polar surface area (TPSA) is 47.6 Å². The predicted octanol–water partition coefficient (Wildman–Crippen LogP) is 3.07. The lowest BCUT2D eigenvalue weighted by Gasteiger charge is -2.17. The second kappa shape index (κ2) is 6.64. The molecule has 2 rings (SSSR count). The summed E-state index contributed by atoms with van der Waals surface area (Å²) in [5.74, 6) is 1.87. The molecule has 1 N–H and O–H groups in total. The van der Waals surface area contributed by atoms with E-state index >= 15 is 0 Å². The van der Waals surface area contributed by atoms with Gasteiger partial charge in [0.1, 0.15) is 0 Å². The highest BCUT2D eigenvalue weighted by molar-refractivity contribution is 5.81. The van der Waals surface area contributed by atoms with Crippen LogP contribution in [0.4, 0.5) is 0 Å². The van der Waals surface area contributed by atoms with Crippen LogP contribution in [0.15, 0.2) is 18.2 Å². The van der Waals surface area contributed by atoms with Crippen LogP contribution < -0.4 is 14.8 Å². The quantitative estimate of drug-likeness (QED) is 0.833. The van der Waals surface area contributed by atoms with E-state index in [-0.39, 0.29) is 17.9 Å². The molecule has 1 amide bonds. The molecular weight excluding hydrogens is 254 g/mol. The van der Waals surface area contributed by atoms with Crippen LogP contribution in [0.3, 0.4) is 0 Å². The second-order valence-corrected chi connectivity index (χ2v) is 5.08. The number of hydrogen-bond acceptors (Lipinski definition) is 3. The second-order valence-electron chi connectivity index (χ2n) is 5.08. The lowest BCUT2D eigenvalue weighted by molar-refractivity contribution is -0.122. The van der Waals surface area contributed by atoms with Gasteiger partial charge in [0.25, 0.3) is 0 Å². The van der Waals surface area contributed by atoms with Gasteiger partial charge < -0.3 is 14.8 Å². The fourth-order valence-corrected chi connectivity index (χ4v) is 2.10. The first kappa shape index (κ1) is 14.7.